The van der Waals surface area contributed by atoms with Crippen LogP contribution in [-0.4, -0.2) is 32.2 Å². The van der Waals surface area contributed by atoms with E-state index in [4.69, 9.17) is 5.73 Å². The summed E-state index contributed by atoms with van der Waals surface area (Å²) < 4.78 is 15.7. The normalized spacial score (nSPS) is 23.0. The Bertz CT molecular complexity index is 787. The van der Waals surface area contributed by atoms with Gasteiger partial charge in [-0.1, -0.05) is 6.42 Å². The van der Waals surface area contributed by atoms with E-state index in [0.29, 0.717) is 17.9 Å². The van der Waals surface area contributed by atoms with Gasteiger partial charge >= 0.3 is 0 Å². The van der Waals surface area contributed by atoms with Crippen LogP contribution in [0, 0.1) is 11.7 Å². The van der Waals surface area contributed by atoms with Crippen LogP contribution in [0.15, 0.2) is 18.2 Å². The second-order valence-corrected chi connectivity index (χ2v) is 7.00. The minimum absolute atomic E-state index is 0.0943. The van der Waals surface area contributed by atoms with Gasteiger partial charge < -0.3 is 11.1 Å². The Morgan fingerprint density at radius 2 is 2.16 bits per heavy atom. The molecule has 8 heteroatoms. The van der Waals surface area contributed by atoms with Crippen LogP contribution in [0.5, 0.6) is 0 Å². The van der Waals surface area contributed by atoms with E-state index in [-0.39, 0.29) is 29.5 Å². The van der Waals surface area contributed by atoms with Crippen molar-refractivity contribution < 1.29 is 9.18 Å². The highest BCUT2D eigenvalue weighted by Gasteiger charge is 2.31. The third-order valence-electron chi connectivity index (χ3n) is 5.06. The molecule has 7 nitrogen and oxygen atoms in total. The molecule has 0 radical (unpaired) electrons. The van der Waals surface area contributed by atoms with Crippen LogP contribution in [0.2, 0.25) is 0 Å². The number of carbonyl (C=O) groups excluding carboxylic acids is 1. The number of carbonyl (C=O) groups is 1. The number of nitrogens with zero attached hydrogens (tertiary/aromatic N) is 4. The first-order valence-electron chi connectivity index (χ1n) is 8.75. The van der Waals surface area contributed by atoms with Crippen molar-refractivity contribution in [3.63, 3.8) is 0 Å². The summed E-state index contributed by atoms with van der Waals surface area (Å²) >= 11 is 0. The van der Waals surface area contributed by atoms with Gasteiger partial charge in [0.05, 0.1) is 0 Å². The largest absolute Gasteiger partial charge is 0.327 e. The molecule has 0 bridgehead atoms. The number of halogens is 1. The maximum Gasteiger partial charge on any atom is 0.224 e. The number of hydrogen-bond donors (Lipinski definition) is 2. The topological polar surface area (TPSA) is 98.7 Å². The molecule has 0 unspecified atom stereocenters. The molecule has 0 aliphatic heterocycles. The molecule has 1 heterocycles. The highest BCUT2D eigenvalue weighted by Crippen LogP contribution is 2.39. The van der Waals surface area contributed by atoms with Gasteiger partial charge in [0.15, 0.2) is 5.82 Å². The van der Waals surface area contributed by atoms with Gasteiger partial charge in [-0.15, -0.1) is 5.10 Å². The maximum atomic E-state index is 14.3. The highest BCUT2D eigenvalue weighted by atomic mass is 19.1. The standard InChI is InChI=1S/C17H21FN6O/c18-13-7-6-12(20-16(25)8-11-2-1-3-14(11)19)9-15(13)24-17(10-4-5-10)21-22-23-24/h6-7,9-11,14H,1-5,8,19H2,(H,20,25)/t11-,14+/m0/s1. The van der Waals surface area contributed by atoms with Gasteiger partial charge in [-0.05, 0) is 60.2 Å². The van der Waals surface area contributed by atoms with Gasteiger partial charge in [0.25, 0.3) is 0 Å². The molecule has 1 amide bonds. The average Bonchev–Trinajstić information content (AvgIpc) is 3.18. The number of anilines is 1. The lowest BCUT2D eigenvalue weighted by atomic mass is 10.00. The number of tetrazole rings is 1. The van der Waals surface area contributed by atoms with E-state index in [9.17, 15) is 9.18 Å². The second-order valence-electron chi connectivity index (χ2n) is 7.00. The van der Waals surface area contributed by atoms with Gasteiger partial charge in [-0.25, -0.2) is 4.39 Å². The molecule has 25 heavy (non-hydrogen) atoms. The minimum atomic E-state index is -0.426. The number of nitrogens with one attached hydrogen (secondary N) is 1. The average molecular weight is 344 g/mol. The van der Waals surface area contributed by atoms with Crippen LogP contribution in [0.4, 0.5) is 10.1 Å². The van der Waals surface area contributed by atoms with E-state index >= 15 is 0 Å². The number of nitrogens with two attached hydrogens (primary N) is 1. The zero-order chi connectivity index (χ0) is 17.4. The number of benzene rings is 1. The molecule has 2 aromatic rings. The summed E-state index contributed by atoms with van der Waals surface area (Å²) in [5.74, 6) is 0.653. The summed E-state index contributed by atoms with van der Waals surface area (Å²) in [5, 5.41) is 14.4. The van der Waals surface area contributed by atoms with Crippen molar-refractivity contribution in [3.05, 3.63) is 29.8 Å². The molecule has 1 aromatic heterocycles. The summed E-state index contributed by atoms with van der Waals surface area (Å²) in [7, 11) is 0. The molecule has 3 N–H and O–H groups in total. The zero-order valence-corrected chi connectivity index (χ0v) is 13.9. The fraction of sp³-hybridized carbons (Fsp3) is 0.529. The number of aromatic nitrogens is 4. The van der Waals surface area contributed by atoms with Crippen molar-refractivity contribution in [2.75, 3.05) is 5.32 Å². The van der Waals surface area contributed by atoms with Crippen LogP contribution in [-0.2, 0) is 4.79 Å². The van der Waals surface area contributed by atoms with Crippen LogP contribution in [0.1, 0.15) is 50.3 Å². The van der Waals surface area contributed by atoms with Crippen LogP contribution in [0.25, 0.3) is 5.69 Å². The van der Waals surface area contributed by atoms with E-state index < -0.39 is 5.82 Å². The first-order valence-corrected chi connectivity index (χ1v) is 8.75. The van der Waals surface area contributed by atoms with Crippen LogP contribution in [0.3, 0.4) is 0 Å². The molecule has 2 saturated carbocycles. The number of hydrogen-bond acceptors (Lipinski definition) is 5. The molecule has 2 aliphatic rings. The Hall–Kier alpha value is -2.35. The number of rotatable bonds is 5. The molecule has 2 fully saturated rings. The van der Waals surface area contributed by atoms with Gasteiger partial charge in [0.1, 0.15) is 11.5 Å². The van der Waals surface area contributed by atoms with Crippen molar-refractivity contribution in [2.45, 2.75) is 50.5 Å². The third kappa shape index (κ3) is 3.39. The lowest BCUT2D eigenvalue weighted by Gasteiger charge is -2.15. The van der Waals surface area contributed by atoms with E-state index in [1.54, 1.807) is 12.1 Å². The Kier molecular flexibility index (Phi) is 4.20. The van der Waals surface area contributed by atoms with Gasteiger partial charge in [0.2, 0.25) is 5.91 Å². The van der Waals surface area contributed by atoms with E-state index in [0.717, 1.165) is 32.1 Å². The quantitative estimate of drug-likeness (QED) is 0.866. The first kappa shape index (κ1) is 16.1. The summed E-state index contributed by atoms with van der Waals surface area (Å²) in [6.45, 7) is 0. The van der Waals surface area contributed by atoms with Crippen molar-refractivity contribution in [1.29, 1.82) is 0 Å². The first-order chi connectivity index (χ1) is 12.1. The lowest BCUT2D eigenvalue weighted by molar-refractivity contribution is -0.117. The zero-order valence-electron chi connectivity index (χ0n) is 13.9. The fourth-order valence-corrected chi connectivity index (χ4v) is 3.48. The van der Waals surface area contributed by atoms with Gasteiger partial charge in [0, 0.05) is 24.1 Å². The number of amides is 1. The lowest BCUT2D eigenvalue weighted by Crippen LogP contribution is -2.28. The van der Waals surface area contributed by atoms with Crippen molar-refractivity contribution in [2.24, 2.45) is 11.7 Å². The van der Waals surface area contributed by atoms with Crippen LogP contribution >= 0.6 is 0 Å². The van der Waals surface area contributed by atoms with E-state index in [1.807, 2.05) is 0 Å². The van der Waals surface area contributed by atoms with Crippen molar-refractivity contribution >= 4 is 11.6 Å². The van der Waals surface area contributed by atoms with E-state index in [1.165, 1.54) is 10.7 Å². The van der Waals surface area contributed by atoms with Gasteiger partial charge in [-0.3, -0.25) is 4.79 Å². The molecular weight excluding hydrogens is 323 g/mol. The predicted molar refractivity (Wildman–Crippen MR) is 89.7 cm³/mol. The molecule has 2 atom stereocenters. The Balaban J connectivity index is 1.51. The van der Waals surface area contributed by atoms with Gasteiger partial charge in [-0.2, -0.15) is 4.68 Å². The summed E-state index contributed by atoms with van der Waals surface area (Å²) in [4.78, 5) is 12.3. The Morgan fingerprint density at radius 1 is 1.32 bits per heavy atom. The minimum Gasteiger partial charge on any atom is -0.327 e. The smallest absolute Gasteiger partial charge is 0.224 e. The fourth-order valence-electron chi connectivity index (χ4n) is 3.48. The molecule has 0 spiro atoms. The summed E-state index contributed by atoms with van der Waals surface area (Å²) in [6.07, 6.45) is 5.45. The summed E-state index contributed by atoms with van der Waals surface area (Å²) in [6, 6.07) is 4.54. The molecule has 1 aromatic carbocycles. The SMILES string of the molecule is N[C@@H]1CCC[C@H]1CC(=O)Nc1ccc(F)c(-n2nnnc2C2CC2)c1. The molecule has 132 valence electrons. The van der Waals surface area contributed by atoms with E-state index in [2.05, 4.69) is 20.8 Å². The summed E-state index contributed by atoms with van der Waals surface area (Å²) in [5.41, 5.74) is 6.81. The monoisotopic (exact) mass is 344 g/mol. The third-order valence-corrected chi connectivity index (χ3v) is 5.06. The highest BCUT2D eigenvalue weighted by molar-refractivity contribution is 5.91. The van der Waals surface area contributed by atoms with Crippen molar-refractivity contribution in [1.82, 2.24) is 20.2 Å². The Labute approximate surface area is 144 Å². The molecule has 4 rings (SSSR count). The predicted octanol–water partition coefficient (Wildman–Crippen LogP) is 2.13. The molecular formula is C17H21FN6O. The van der Waals surface area contributed by atoms with Crippen molar-refractivity contribution in [3.8, 4) is 5.69 Å². The second kappa shape index (κ2) is 6.51. The Morgan fingerprint density at radius 3 is 2.88 bits per heavy atom. The maximum absolute atomic E-state index is 14.3. The van der Waals surface area contributed by atoms with Crippen LogP contribution < -0.4 is 11.1 Å². The molecule has 2 aliphatic carbocycles. The molecule has 0 saturated heterocycles.